The minimum absolute atomic E-state index is 0.464. The van der Waals surface area contributed by atoms with Gasteiger partial charge in [0.2, 0.25) is 5.95 Å². The molecule has 0 radical (unpaired) electrons. The second-order valence-corrected chi connectivity index (χ2v) is 7.35. The third-order valence-corrected chi connectivity index (χ3v) is 4.90. The Hall–Kier alpha value is -4.45. The van der Waals surface area contributed by atoms with E-state index in [1.807, 2.05) is 61.5 Å². The molecule has 0 spiro atoms. The van der Waals surface area contributed by atoms with Crippen molar-refractivity contribution in [2.75, 3.05) is 50.4 Å². The van der Waals surface area contributed by atoms with Crippen LogP contribution in [-0.4, -0.2) is 55.0 Å². The molecule has 0 bridgehead atoms. The molecule has 3 N–H and O–H groups in total. The van der Waals surface area contributed by atoms with Crippen molar-refractivity contribution in [2.45, 2.75) is 6.42 Å². The lowest BCUT2D eigenvalue weighted by atomic mass is 10.2. The maximum Gasteiger partial charge on any atom is 0.246 e. The van der Waals surface area contributed by atoms with Crippen LogP contribution in [0.15, 0.2) is 66.3 Å². The first-order valence-corrected chi connectivity index (χ1v) is 10.6. The van der Waals surface area contributed by atoms with Crippen LogP contribution >= 0.6 is 0 Å². The Bertz CT molecular complexity index is 1170. The van der Waals surface area contributed by atoms with Gasteiger partial charge >= 0.3 is 0 Å². The molecule has 0 saturated heterocycles. The van der Waals surface area contributed by atoms with Crippen molar-refractivity contribution < 1.29 is 9.47 Å². The number of nitrogens with zero attached hydrogens (tertiary/aromatic N) is 4. The molecular formula is C25H29N7O2. The monoisotopic (exact) mass is 459 g/mol. The van der Waals surface area contributed by atoms with Gasteiger partial charge in [-0.2, -0.15) is 4.98 Å². The molecule has 0 unspecified atom stereocenters. The van der Waals surface area contributed by atoms with Crippen LogP contribution in [0.3, 0.4) is 0 Å². The lowest BCUT2D eigenvalue weighted by Gasteiger charge is -2.12. The van der Waals surface area contributed by atoms with Gasteiger partial charge in [-0.25, -0.2) is 4.98 Å². The van der Waals surface area contributed by atoms with Gasteiger partial charge in [0.25, 0.3) is 0 Å². The lowest BCUT2D eigenvalue weighted by molar-refractivity contribution is 0.279. The van der Waals surface area contributed by atoms with Crippen molar-refractivity contribution in [1.29, 1.82) is 0 Å². The molecule has 9 nitrogen and oxygen atoms in total. The number of rotatable bonds is 11. The summed E-state index contributed by atoms with van der Waals surface area (Å²) in [5.74, 6) is 5.42. The Morgan fingerprint density at radius 1 is 1.15 bits per heavy atom. The van der Waals surface area contributed by atoms with E-state index in [2.05, 4.69) is 36.7 Å². The van der Waals surface area contributed by atoms with Crippen molar-refractivity contribution in [2.24, 2.45) is 0 Å². The first-order chi connectivity index (χ1) is 16.5. The van der Waals surface area contributed by atoms with E-state index in [-0.39, 0.29) is 0 Å². The van der Waals surface area contributed by atoms with Gasteiger partial charge in [-0.15, -0.1) is 11.5 Å². The fourth-order valence-corrected chi connectivity index (χ4v) is 3.05. The topological polar surface area (TPSA) is 100 Å². The summed E-state index contributed by atoms with van der Waals surface area (Å²) in [6, 6.07) is 11.8. The van der Waals surface area contributed by atoms with E-state index in [1.165, 1.54) is 7.11 Å². The summed E-state index contributed by atoms with van der Waals surface area (Å²) < 4.78 is 10.5. The van der Waals surface area contributed by atoms with Gasteiger partial charge in [0.1, 0.15) is 5.82 Å². The van der Waals surface area contributed by atoms with E-state index in [0.717, 1.165) is 22.7 Å². The quantitative estimate of drug-likeness (QED) is 0.290. The highest BCUT2D eigenvalue weighted by Crippen LogP contribution is 2.25. The summed E-state index contributed by atoms with van der Waals surface area (Å²) in [4.78, 5) is 11.1. The Balaban J connectivity index is 1.68. The smallest absolute Gasteiger partial charge is 0.246 e. The zero-order valence-corrected chi connectivity index (χ0v) is 19.8. The fraction of sp³-hybridized carbons (Fsp3) is 0.240. The van der Waals surface area contributed by atoms with E-state index < -0.39 is 0 Å². The van der Waals surface area contributed by atoms with Crippen molar-refractivity contribution in [1.82, 2.24) is 20.2 Å². The number of pyridine rings is 1. The van der Waals surface area contributed by atoms with Crippen LogP contribution in [0.2, 0.25) is 0 Å². The first-order valence-electron chi connectivity index (χ1n) is 10.6. The van der Waals surface area contributed by atoms with Crippen molar-refractivity contribution >= 4 is 23.1 Å². The molecule has 34 heavy (non-hydrogen) atoms. The molecule has 0 aliphatic rings. The molecule has 0 aliphatic carbocycles. The molecular weight excluding hydrogens is 430 g/mol. The third kappa shape index (κ3) is 6.53. The summed E-state index contributed by atoms with van der Waals surface area (Å²) >= 11 is 0. The molecule has 9 heteroatoms. The van der Waals surface area contributed by atoms with Gasteiger partial charge in [-0.05, 0) is 54.5 Å². The predicted molar refractivity (Wildman–Crippen MR) is 136 cm³/mol. The fourth-order valence-electron chi connectivity index (χ4n) is 3.05. The second kappa shape index (κ2) is 12.0. The average molecular weight is 460 g/mol. The number of nitrogens with one attached hydrogen (secondary N) is 3. The highest BCUT2D eigenvalue weighted by atomic mass is 16.5. The Labute approximate surface area is 199 Å². The molecule has 176 valence electrons. The third-order valence-electron chi connectivity index (χ3n) is 4.90. The molecule has 0 fully saturated rings. The maximum absolute atomic E-state index is 5.42. The van der Waals surface area contributed by atoms with E-state index in [4.69, 9.17) is 15.9 Å². The Morgan fingerprint density at radius 3 is 2.62 bits per heavy atom. The predicted octanol–water partition coefficient (Wildman–Crippen LogP) is 4.17. The minimum Gasteiger partial charge on any atom is -0.501 e. The number of ether oxygens (including phenoxy) is 2. The Kier molecular flexibility index (Phi) is 8.52. The number of terminal acetylenes is 1. The molecule has 0 amide bonds. The summed E-state index contributed by atoms with van der Waals surface area (Å²) in [6.07, 6.45) is 11.3. The zero-order chi connectivity index (χ0) is 24.3. The van der Waals surface area contributed by atoms with Crippen LogP contribution in [0.25, 0.3) is 11.4 Å². The van der Waals surface area contributed by atoms with E-state index in [1.54, 1.807) is 19.4 Å². The summed E-state index contributed by atoms with van der Waals surface area (Å²) in [6.45, 7) is 0.497. The van der Waals surface area contributed by atoms with Gasteiger partial charge in [-0.3, -0.25) is 5.10 Å². The number of H-pyrrole nitrogens is 1. The SMILES string of the molecule is C#C/C(=C\C/C(=C\CNc1ncccc1-c1nc(Nc2ccc(N(C)C)cc2)n[nH]1)OC)OC. The number of methoxy groups -OCH3 is 2. The number of aromatic nitrogens is 4. The summed E-state index contributed by atoms with van der Waals surface area (Å²) in [7, 11) is 7.16. The van der Waals surface area contributed by atoms with Crippen LogP contribution in [0, 0.1) is 12.3 Å². The summed E-state index contributed by atoms with van der Waals surface area (Å²) in [5.41, 5.74) is 2.81. The standard InChI is InChI=1S/C25H29N7O2/c1-6-20(33-4)13-14-21(34-5)15-17-27-23-22(8-7-16-26-23)24-29-25(31-30-24)28-18-9-11-19(12-10-18)32(2)3/h1,7-13,15-16H,14,17H2,2-5H3,(H,26,27)(H2,28,29,30,31)/b20-13+,21-15+. The minimum atomic E-state index is 0.464. The summed E-state index contributed by atoms with van der Waals surface area (Å²) in [5, 5.41) is 13.8. The van der Waals surface area contributed by atoms with Gasteiger partial charge in [0.05, 0.1) is 25.5 Å². The normalized spacial score (nSPS) is 11.5. The number of anilines is 4. The largest absolute Gasteiger partial charge is 0.501 e. The van der Waals surface area contributed by atoms with Gasteiger partial charge in [0, 0.05) is 44.6 Å². The van der Waals surface area contributed by atoms with Crippen LogP contribution < -0.4 is 15.5 Å². The van der Waals surface area contributed by atoms with E-state index in [0.29, 0.717) is 36.3 Å². The van der Waals surface area contributed by atoms with Gasteiger partial charge in [-0.1, -0.05) is 0 Å². The van der Waals surface area contributed by atoms with Crippen LogP contribution in [0.1, 0.15) is 6.42 Å². The van der Waals surface area contributed by atoms with Gasteiger partial charge < -0.3 is 25.0 Å². The number of benzene rings is 1. The van der Waals surface area contributed by atoms with Crippen LogP contribution in [0.4, 0.5) is 23.1 Å². The highest BCUT2D eigenvalue weighted by molar-refractivity contribution is 5.71. The van der Waals surface area contributed by atoms with E-state index >= 15 is 0 Å². The maximum atomic E-state index is 5.42. The molecule has 3 aromatic rings. The molecule has 1 aromatic carbocycles. The molecule has 2 aromatic heterocycles. The molecule has 0 atom stereocenters. The molecule has 0 aliphatic heterocycles. The second-order valence-electron chi connectivity index (χ2n) is 7.35. The molecule has 2 heterocycles. The van der Waals surface area contributed by atoms with E-state index in [9.17, 15) is 0 Å². The van der Waals surface area contributed by atoms with Crippen molar-refractivity contribution in [3.63, 3.8) is 0 Å². The lowest BCUT2D eigenvalue weighted by Crippen LogP contribution is -2.08. The molecule has 3 rings (SSSR count). The van der Waals surface area contributed by atoms with Gasteiger partial charge in [0.15, 0.2) is 11.6 Å². The first kappa shape index (κ1) is 24.2. The Morgan fingerprint density at radius 2 is 1.94 bits per heavy atom. The number of aromatic amines is 1. The number of hydrogen-bond acceptors (Lipinski definition) is 8. The van der Waals surface area contributed by atoms with Crippen molar-refractivity contribution in [3.05, 3.63) is 66.3 Å². The number of allylic oxidation sites excluding steroid dienone is 2. The number of hydrogen-bond donors (Lipinski definition) is 3. The van der Waals surface area contributed by atoms with Crippen LogP contribution in [-0.2, 0) is 9.47 Å². The zero-order valence-electron chi connectivity index (χ0n) is 19.8. The highest BCUT2D eigenvalue weighted by Gasteiger charge is 2.11. The molecule has 0 saturated carbocycles. The van der Waals surface area contributed by atoms with Crippen molar-refractivity contribution in [3.8, 4) is 23.7 Å². The average Bonchev–Trinajstić information content (AvgIpc) is 3.32. The van der Waals surface area contributed by atoms with Crippen LogP contribution in [0.5, 0.6) is 0 Å².